The van der Waals surface area contributed by atoms with E-state index in [-0.39, 0.29) is 36.0 Å². The number of benzene rings is 3. The summed E-state index contributed by atoms with van der Waals surface area (Å²) in [7, 11) is 1.64. The maximum Gasteiger partial charge on any atom is 0.335 e. The summed E-state index contributed by atoms with van der Waals surface area (Å²) in [5, 5.41) is 23.8. The summed E-state index contributed by atoms with van der Waals surface area (Å²) in [5.74, 6) is -0.205. The molecule has 4 rings (SSSR count). The first-order chi connectivity index (χ1) is 19.2. The second-order valence-electron chi connectivity index (χ2n) is 9.24. The first-order valence-electron chi connectivity index (χ1n) is 12.5. The van der Waals surface area contributed by atoms with Gasteiger partial charge in [-0.15, -0.1) is 0 Å². The predicted molar refractivity (Wildman–Crippen MR) is 146 cm³/mol. The number of ether oxygens (including phenoxy) is 1. The molecule has 0 saturated heterocycles. The molecule has 1 aliphatic heterocycles. The first kappa shape index (κ1) is 27.8. The summed E-state index contributed by atoms with van der Waals surface area (Å²) < 4.78 is 5.76. The van der Waals surface area contributed by atoms with Gasteiger partial charge in [-0.2, -0.15) is 0 Å². The zero-order chi connectivity index (χ0) is 28.8. The van der Waals surface area contributed by atoms with Crippen LogP contribution in [0, 0.1) is 10.1 Å². The quantitative estimate of drug-likeness (QED) is 0.271. The molecule has 0 bridgehead atoms. The number of hydrogen-bond acceptors (Lipinski definition) is 6. The SMILES string of the molecule is CC1=C(C(=O)O)C(c2cccc([N+](=O)[O-])c2)N(CCCN(C)C(=O)c2ccc(Oc3ccccc3)cc2)C(=O)N1. The maximum absolute atomic E-state index is 13.0. The smallest absolute Gasteiger partial charge is 0.335 e. The number of nitro groups is 1. The first-order valence-corrected chi connectivity index (χ1v) is 12.5. The highest BCUT2D eigenvalue weighted by molar-refractivity contribution is 5.94. The second-order valence-corrected chi connectivity index (χ2v) is 9.24. The Morgan fingerprint density at radius 2 is 1.73 bits per heavy atom. The van der Waals surface area contributed by atoms with Crippen molar-refractivity contribution in [3.05, 3.63) is 111 Å². The van der Waals surface area contributed by atoms with Crippen LogP contribution in [0.25, 0.3) is 0 Å². The molecule has 1 aliphatic rings. The van der Waals surface area contributed by atoms with E-state index in [0.717, 1.165) is 0 Å². The average Bonchev–Trinajstić information content (AvgIpc) is 2.94. The molecule has 0 fully saturated rings. The van der Waals surface area contributed by atoms with Crippen molar-refractivity contribution >= 4 is 23.6 Å². The average molecular weight is 545 g/mol. The van der Waals surface area contributed by atoms with Crippen LogP contribution >= 0.6 is 0 Å². The van der Waals surface area contributed by atoms with Gasteiger partial charge in [0.05, 0.1) is 16.5 Å². The van der Waals surface area contributed by atoms with Crippen molar-refractivity contribution in [3.63, 3.8) is 0 Å². The molecule has 206 valence electrons. The van der Waals surface area contributed by atoms with Crippen LogP contribution in [0.3, 0.4) is 0 Å². The number of allylic oxidation sites excluding steroid dienone is 1. The van der Waals surface area contributed by atoms with Gasteiger partial charge >= 0.3 is 12.0 Å². The molecular formula is C29H28N4O7. The van der Waals surface area contributed by atoms with Crippen molar-refractivity contribution in [2.45, 2.75) is 19.4 Å². The Morgan fingerprint density at radius 3 is 2.38 bits per heavy atom. The fraction of sp³-hybridized carbons (Fsp3) is 0.207. The maximum atomic E-state index is 13.0. The van der Waals surface area contributed by atoms with Gasteiger partial charge in [-0.3, -0.25) is 14.9 Å². The number of amides is 3. The molecule has 0 radical (unpaired) electrons. The van der Waals surface area contributed by atoms with Crippen LogP contribution in [0.15, 0.2) is 90.1 Å². The molecule has 40 heavy (non-hydrogen) atoms. The van der Waals surface area contributed by atoms with E-state index >= 15 is 0 Å². The largest absolute Gasteiger partial charge is 0.478 e. The molecule has 0 spiro atoms. The fourth-order valence-electron chi connectivity index (χ4n) is 4.53. The molecule has 1 unspecified atom stereocenters. The standard InChI is InChI=1S/C29H28N4O7/c1-19-25(28(35)36)26(21-8-6-9-22(18-21)33(38)39)32(29(37)30-19)17-7-16-31(2)27(34)20-12-14-24(15-13-20)40-23-10-4-3-5-11-23/h3-6,8-15,18,26H,7,16-17H2,1-2H3,(H,30,37)(H,35,36). The van der Waals surface area contributed by atoms with Gasteiger partial charge in [0, 0.05) is 43.5 Å². The van der Waals surface area contributed by atoms with Crippen molar-refractivity contribution < 1.29 is 29.2 Å². The lowest BCUT2D eigenvalue weighted by Gasteiger charge is -2.37. The summed E-state index contributed by atoms with van der Waals surface area (Å²) in [5.41, 5.74) is 0.638. The van der Waals surface area contributed by atoms with Crippen LogP contribution < -0.4 is 10.1 Å². The third-order valence-corrected chi connectivity index (χ3v) is 6.49. The van der Waals surface area contributed by atoms with Gasteiger partial charge in [-0.1, -0.05) is 30.3 Å². The number of carbonyl (C=O) groups excluding carboxylic acids is 2. The summed E-state index contributed by atoms with van der Waals surface area (Å²) in [6, 6.07) is 20.0. The number of carboxylic acids is 1. The molecule has 0 aliphatic carbocycles. The van der Waals surface area contributed by atoms with E-state index in [0.29, 0.717) is 29.0 Å². The monoisotopic (exact) mass is 544 g/mol. The summed E-state index contributed by atoms with van der Waals surface area (Å²) in [6.07, 6.45) is 0.336. The fourth-order valence-corrected chi connectivity index (χ4v) is 4.53. The molecule has 3 amide bonds. The van der Waals surface area contributed by atoms with E-state index in [4.69, 9.17) is 4.74 Å². The molecule has 0 saturated carbocycles. The van der Waals surface area contributed by atoms with Gasteiger partial charge in [0.1, 0.15) is 11.5 Å². The minimum absolute atomic E-state index is 0.0812. The van der Waals surface area contributed by atoms with Gasteiger partial charge < -0.3 is 25.0 Å². The van der Waals surface area contributed by atoms with Crippen molar-refractivity contribution in [2.24, 2.45) is 0 Å². The van der Waals surface area contributed by atoms with E-state index in [1.54, 1.807) is 37.4 Å². The second kappa shape index (κ2) is 12.1. The predicted octanol–water partition coefficient (Wildman–Crippen LogP) is 4.97. The lowest BCUT2D eigenvalue weighted by Crippen LogP contribution is -2.49. The van der Waals surface area contributed by atoms with Crippen molar-refractivity contribution in [2.75, 3.05) is 20.1 Å². The van der Waals surface area contributed by atoms with Crippen LogP contribution in [-0.2, 0) is 4.79 Å². The Morgan fingerprint density at radius 1 is 1.05 bits per heavy atom. The molecule has 11 heteroatoms. The lowest BCUT2D eigenvalue weighted by atomic mass is 9.93. The Labute approximate surface area is 230 Å². The number of nitro benzene ring substituents is 1. The summed E-state index contributed by atoms with van der Waals surface area (Å²) in [4.78, 5) is 51.6. The van der Waals surface area contributed by atoms with Gasteiger partial charge in [-0.05, 0) is 55.3 Å². The number of para-hydroxylation sites is 1. The number of aliphatic carboxylic acids is 1. The zero-order valence-electron chi connectivity index (χ0n) is 21.9. The Kier molecular flexibility index (Phi) is 8.43. The highest BCUT2D eigenvalue weighted by Gasteiger charge is 2.38. The minimum Gasteiger partial charge on any atom is -0.478 e. The molecular weight excluding hydrogens is 516 g/mol. The number of rotatable bonds is 10. The lowest BCUT2D eigenvalue weighted by molar-refractivity contribution is -0.384. The van der Waals surface area contributed by atoms with Crippen LogP contribution in [0.4, 0.5) is 10.5 Å². The number of nitrogens with zero attached hydrogens (tertiary/aromatic N) is 3. The third kappa shape index (κ3) is 6.26. The summed E-state index contributed by atoms with van der Waals surface area (Å²) in [6.45, 7) is 1.86. The Bertz CT molecular complexity index is 1450. The van der Waals surface area contributed by atoms with E-state index in [9.17, 15) is 29.6 Å². The molecule has 11 nitrogen and oxygen atoms in total. The van der Waals surface area contributed by atoms with Gasteiger partial charge in [0.2, 0.25) is 0 Å². The van der Waals surface area contributed by atoms with Crippen LogP contribution in [0.2, 0.25) is 0 Å². The Hall–Kier alpha value is -5.19. The van der Waals surface area contributed by atoms with Crippen LogP contribution in [-0.4, -0.2) is 57.9 Å². The van der Waals surface area contributed by atoms with Crippen molar-refractivity contribution in [1.82, 2.24) is 15.1 Å². The summed E-state index contributed by atoms with van der Waals surface area (Å²) >= 11 is 0. The van der Waals surface area contributed by atoms with Crippen LogP contribution in [0.5, 0.6) is 11.5 Å². The van der Waals surface area contributed by atoms with Crippen LogP contribution in [0.1, 0.15) is 35.3 Å². The zero-order valence-corrected chi connectivity index (χ0v) is 21.9. The topological polar surface area (TPSA) is 142 Å². The van der Waals surface area contributed by atoms with Gasteiger partial charge in [0.25, 0.3) is 11.6 Å². The number of carboxylic acid groups (broad SMARTS) is 1. The molecule has 0 aromatic heterocycles. The number of urea groups is 1. The Balaban J connectivity index is 1.44. The van der Waals surface area contributed by atoms with Crippen molar-refractivity contribution in [1.29, 1.82) is 0 Å². The molecule has 1 heterocycles. The number of hydrogen-bond donors (Lipinski definition) is 2. The molecule has 3 aromatic rings. The molecule has 3 aromatic carbocycles. The van der Waals surface area contributed by atoms with E-state index in [1.807, 2.05) is 30.3 Å². The van der Waals surface area contributed by atoms with Gasteiger partial charge in [0.15, 0.2) is 0 Å². The van der Waals surface area contributed by atoms with E-state index < -0.39 is 23.0 Å². The normalized spacial score (nSPS) is 14.9. The highest BCUT2D eigenvalue weighted by atomic mass is 16.6. The molecule has 1 atom stereocenters. The highest BCUT2D eigenvalue weighted by Crippen LogP contribution is 2.35. The minimum atomic E-state index is -1.24. The number of nitrogens with one attached hydrogen (secondary N) is 1. The third-order valence-electron chi connectivity index (χ3n) is 6.49. The van der Waals surface area contributed by atoms with E-state index in [2.05, 4.69) is 5.32 Å². The van der Waals surface area contributed by atoms with Gasteiger partial charge in [-0.25, -0.2) is 9.59 Å². The van der Waals surface area contributed by atoms with Crippen molar-refractivity contribution in [3.8, 4) is 11.5 Å². The number of carbonyl (C=O) groups is 3. The molecule has 2 N–H and O–H groups in total. The number of non-ortho nitro benzene ring substituents is 1. The van der Waals surface area contributed by atoms with E-state index in [1.165, 1.54) is 34.9 Å².